The molecule has 7 heteroatoms. The van der Waals surface area contributed by atoms with Crippen LogP contribution in [0, 0.1) is 0 Å². The molecule has 2 aromatic carbocycles. The van der Waals surface area contributed by atoms with Crippen molar-refractivity contribution in [1.82, 2.24) is 0 Å². The summed E-state index contributed by atoms with van der Waals surface area (Å²) in [7, 11) is 0. The molecule has 24 heavy (non-hydrogen) atoms. The Balaban J connectivity index is 1.96. The summed E-state index contributed by atoms with van der Waals surface area (Å²) >= 11 is 0. The zero-order valence-corrected chi connectivity index (χ0v) is 13.1. The molecule has 0 bridgehead atoms. The van der Waals surface area contributed by atoms with Crippen molar-refractivity contribution in [1.29, 1.82) is 0 Å². The summed E-state index contributed by atoms with van der Waals surface area (Å²) in [6.07, 6.45) is -4.38. The molecule has 4 nitrogen and oxygen atoms in total. The van der Waals surface area contributed by atoms with Gasteiger partial charge in [0.2, 0.25) is 0 Å². The summed E-state index contributed by atoms with van der Waals surface area (Å²) in [6, 6.07) is 10.6. The van der Waals surface area contributed by atoms with E-state index in [-0.39, 0.29) is 6.54 Å². The van der Waals surface area contributed by atoms with E-state index in [9.17, 15) is 18.3 Å². The molecule has 0 saturated carbocycles. The summed E-state index contributed by atoms with van der Waals surface area (Å²) in [5, 5.41) is 13.0. The largest absolute Gasteiger partial charge is 0.416 e. The highest BCUT2D eigenvalue weighted by Crippen LogP contribution is 2.37. The first-order valence-electron chi connectivity index (χ1n) is 7.45. The minimum atomic E-state index is -4.38. The van der Waals surface area contributed by atoms with Gasteiger partial charge in [0, 0.05) is 0 Å². The number of rotatable bonds is 3. The average Bonchev–Trinajstić information content (AvgIpc) is 2.87. The monoisotopic (exact) mass is 337 g/mol. The number of fused-ring (bicyclic) bond motifs is 1. The van der Waals surface area contributed by atoms with Gasteiger partial charge in [-0.2, -0.15) is 13.2 Å². The van der Waals surface area contributed by atoms with Gasteiger partial charge in [-0.05, 0) is 42.3 Å². The predicted molar refractivity (Wildman–Crippen MR) is 87.5 cm³/mol. The van der Waals surface area contributed by atoms with E-state index in [4.69, 9.17) is 5.73 Å². The summed E-state index contributed by atoms with van der Waals surface area (Å²) in [6.45, 7) is 2.19. The number of halogens is 3. The van der Waals surface area contributed by atoms with E-state index in [2.05, 4.69) is 5.32 Å². The quantitative estimate of drug-likeness (QED) is 0.753. The zero-order chi connectivity index (χ0) is 17.5. The van der Waals surface area contributed by atoms with Crippen LogP contribution in [0.5, 0.6) is 0 Å². The van der Waals surface area contributed by atoms with Gasteiger partial charge in [-0.25, -0.2) is 0 Å². The van der Waals surface area contributed by atoms with E-state index >= 15 is 0 Å². The van der Waals surface area contributed by atoms with Crippen LogP contribution in [0.4, 0.5) is 24.5 Å². The Bertz CT molecular complexity index is 753. The third kappa shape index (κ3) is 3.47. The Labute approximate surface area is 137 Å². The van der Waals surface area contributed by atoms with Crippen molar-refractivity contribution < 1.29 is 18.3 Å². The maximum atomic E-state index is 12.9. The van der Waals surface area contributed by atoms with Crippen molar-refractivity contribution in [2.75, 3.05) is 23.4 Å². The van der Waals surface area contributed by atoms with Gasteiger partial charge in [-0.1, -0.05) is 18.2 Å². The third-order valence-electron chi connectivity index (χ3n) is 3.83. The highest BCUT2D eigenvalue weighted by molar-refractivity contribution is 5.81. The van der Waals surface area contributed by atoms with Gasteiger partial charge in [0.15, 0.2) is 0 Å². The molecule has 0 radical (unpaired) electrons. The predicted octanol–water partition coefficient (Wildman–Crippen LogP) is 3.23. The van der Waals surface area contributed by atoms with Crippen molar-refractivity contribution in [3.63, 3.8) is 0 Å². The van der Waals surface area contributed by atoms with E-state index in [1.54, 1.807) is 18.2 Å². The molecule has 0 aromatic heterocycles. The van der Waals surface area contributed by atoms with E-state index in [0.29, 0.717) is 17.8 Å². The van der Waals surface area contributed by atoms with Gasteiger partial charge in [0.25, 0.3) is 0 Å². The lowest BCUT2D eigenvalue weighted by molar-refractivity contribution is -0.137. The number of anilines is 2. The van der Waals surface area contributed by atoms with Crippen molar-refractivity contribution in [3.05, 3.63) is 48.0 Å². The molecule has 3 rings (SSSR count). The number of benzene rings is 2. The number of hydrogen-bond acceptors (Lipinski definition) is 4. The molecule has 1 unspecified atom stereocenters. The lowest BCUT2D eigenvalue weighted by Crippen LogP contribution is -2.47. The standard InChI is InChI=1S/C17H18F3N3O/c1-16(21,24)9-23-10-22-14-6-5-12(8-15(14)23)11-3-2-4-13(7-11)17(18,19)20/h2-8,22,24H,9-10,21H2,1H3. The van der Waals surface area contributed by atoms with Crippen LogP contribution in [0.2, 0.25) is 0 Å². The molecule has 0 spiro atoms. The van der Waals surface area contributed by atoms with Gasteiger partial charge < -0.3 is 21.1 Å². The van der Waals surface area contributed by atoms with Gasteiger partial charge in [0.1, 0.15) is 5.72 Å². The second kappa shape index (κ2) is 5.68. The average molecular weight is 337 g/mol. The summed E-state index contributed by atoms with van der Waals surface area (Å²) in [5.41, 5.74) is 6.42. The number of aliphatic hydroxyl groups is 1. The number of alkyl halides is 3. The van der Waals surface area contributed by atoms with Crippen LogP contribution in [0.25, 0.3) is 11.1 Å². The summed E-state index contributed by atoms with van der Waals surface area (Å²) in [4.78, 5) is 1.85. The first kappa shape index (κ1) is 16.6. The van der Waals surface area contributed by atoms with Gasteiger partial charge in [-0.3, -0.25) is 0 Å². The highest BCUT2D eigenvalue weighted by Gasteiger charge is 2.30. The molecule has 1 atom stereocenters. The molecule has 1 aliphatic rings. The smallest absolute Gasteiger partial charge is 0.375 e. The SMILES string of the molecule is CC(N)(O)CN1CNc2ccc(-c3cccc(C(F)(F)F)c3)cc21. The summed E-state index contributed by atoms with van der Waals surface area (Å²) < 4.78 is 38.7. The van der Waals surface area contributed by atoms with Crippen LogP contribution in [-0.2, 0) is 6.18 Å². The second-order valence-electron chi connectivity index (χ2n) is 6.20. The van der Waals surface area contributed by atoms with Crippen LogP contribution in [-0.4, -0.2) is 24.0 Å². The van der Waals surface area contributed by atoms with E-state index < -0.39 is 17.5 Å². The molecule has 4 N–H and O–H groups in total. The number of nitrogens with two attached hydrogens (primary N) is 1. The molecule has 0 saturated heterocycles. The molecular weight excluding hydrogens is 319 g/mol. The molecule has 2 aromatic rings. The Kier molecular flexibility index (Phi) is 3.93. The molecular formula is C17H18F3N3O. The molecule has 1 aliphatic heterocycles. The number of hydrogen-bond donors (Lipinski definition) is 3. The fourth-order valence-corrected chi connectivity index (χ4v) is 2.79. The Hall–Kier alpha value is -2.25. The van der Waals surface area contributed by atoms with Crippen LogP contribution >= 0.6 is 0 Å². The lowest BCUT2D eigenvalue weighted by Gasteiger charge is -2.26. The zero-order valence-electron chi connectivity index (χ0n) is 13.1. The van der Waals surface area contributed by atoms with Crippen molar-refractivity contribution in [3.8, 4) is 11.1 Å². The van der Waals surface area contributed by atoms with Crippen molar-refractivity contribution >= 4 is 11.4 Å². The van der Waals surface area contributed by atoms with Crippen LogP contribution in [0.3, 0.4) is 0 Å². The number of nitrogens with one attached hydrogen (secondary N) is 1. The topological polar surface area (TPSA) is 61.5 Å². The van der Waals surface area contributed by atoms with E-state index in [0.717, 1.165) is 23.5 Å². The summed E-state index contributed by atoms with van der Waals surface area (Å²) in [5.74, 6) is 0. The maximum absolute atomic E-state index is 12.9. The van der Waals surface area contributed by atoms with E-state index in [1.807, 2.05) is 11.0 Å². The molecule has 0 fully saturated rings. The lowest BCUT2D eigenvalue weighted by atomic mass is 10.0. The van der Waals surface area contributed by atoms with Crippen molar-refractivity contribution in [2.24, 2.45) is 5.73 Å². The molecule has 128 valence electrons. The molecule has 0 amide bonds. The van der Waals surface area contributed by atoms with Gasteiger partial charge >= 0.3 is 6.18 Å². The number of β-amino-alcohol motifs (C(OH)–C–C–N with tert-alkyl or cyclic N) is 1. The first-order chi connectivity index (χ1) is 11.1. The fraction of sp³-hybridized carbons (Fsp3) is 0.294. The Morgan fingerprint density at radius 1 is 1.17 bits per heavy atom. The molecule has 0 aliphatic carbocycles. The van der Waals surface area contributed by atoms with Crippen LogP contribution in [0.15, 0.2) is 42.5 Å². The minimum Gasteiger partial charge on any atom is -0.375 e. The fourth-order valence-electron chi connectivity index (χ4n) is 2.79. The second-order valence-corrected chi connectivity index (χ2v) is 6.20. The van der Waals surface area contributed by atoms with Gasteiger partial charge in [-0.15, -0.1) is 0 Å². The minimum absolute atomic E-state index is 0.207. The first-order valence-corrected chi connectivity index (χ1v) is 7.45. The molecule has 1 heterocycles. The highest BCUT2D eigenvalue weighted by atomic mass is 19.4. The maximum Gasteiger partial charge on any atom is 0.416 e. The van der Waals surface area contributed by atoms with E-state index in [1.165, 1.54) is 13.0 Å². The van der Waals surface area contributed by atoms with Crippen LogP contribution < -0.4 is 16.0 Å². The number of nitrogens with zero attached hydrogens (tertiary/aromatic N) is 1. The van der Waals surface area contributed by atoms with Crippen molar-refractivity contribution in [2.45, 2.75) is 18.8 Å². The normalized spacial score (nSPS) is 16.5. The third-order valence-corrected chi connectivity index (χ3v) is 3.83. The van der Waals surface area contributed by atoms with Crippen LogP contribution in [0.1, 0.15) is 12.5 Å². The Morgan fingerprint density at radius 3 is 2.54 bits per heavy atom. The Morgan fingerprint density at radius 2 is 1.88 bits per heavy atom. The van der Waals surface area contributed by atoms with Gasteiger partial charge in [0.05, 0.1) is 30.2 Å².